The summed E-state index contributed by atoms with van der Waals surface area (Å²) in [5.41, 5.74) is 18.2. The van der Waals surface area contributed by atoms with Crippen molar-refractivity contribution in [2.75, 3.05) is 27.4 Å². The molecule has 0 aliphatic rings. The van der Waals surface area contributed by atoms with Crippen molar-refractivity contribution in [3.05, 3.63) is 94.6 Å². The van der Waals surface area contributed by atoms with Crippen LogP contribution in [0.1, 0.15) is 16.7 Å². The van der Waals surface area contributed by atoms with Crippen molar-refractivity contribution >= 4 is 46.1 Å². The van der Waals surface area contributed by atoms with Gasteiger partial charge in [-0.15, -0.1) is 0 Å². The molecular weight excluding hydrogens is 586 g/mol. The number of rotatable bonds is 15. The topological polar surface area (TPSA) is 151 Å². The zero-order valence-electron chi connectivity index (χ0n) is 24.2. The van der Waals surface area contributed by atoms with Crippen LogP contribution in [0.4, 0.5) is 0 Å². The molecule has 0 aliphatic heterocycles. The first-order chi connectivity index (χ1) is 20.9. The number of nitrogens with zero attached hydrogens (tertiary/aromatic N) is 1. The highest BCUT2D eigenvalue weighted by molar-refractivity contribution is 7.99. The minimum absolute atomic E-state index is 0.0328. The Balaban J connectivity index is 1.58. The molecule has 2 amide bonds. The van der Waals surface area contributed by atoms with Gasteiger partial charge in [0.05, 0.1) is 5.02 Å². The van der Waals surface area contributed by atoms with E-state index in [1.54, 1.807) is 14.1 Å². The zero-order valence-corrected chi connectivity index (χ0v) is 25.8. The number of H-pyrrole nitrogens is 1. The molecule has 0 saturated heterocycles. The molecule has 2 atom stereocenters. The van der Waals surface area contributed by atoms with Crippen LogP contribution in [0, 0.1) is 0 Å². The lowest BCUT2D eigenvalue weighted by Crippen LogP contribution is -2.56. The van der Waals surface area contributed by atoms with Crippen molar-refractivity contribution in [3.63, 3.8) is 0 Å². The van der Waals surface area contributed by atoms with E-state index in [0.717, 1.165) is 37.4 Å². The van der Waals surface area contributed by atoms with Gasteiger partial charge in [-0.3, -0.25) is 19.7 Å². The molecule has 0 radical (unpaired) electrons. The number of aromatic nitrogens is 1. The summed E-state index contributed by atoms with van der Waals surface area (Å²) in [7, 11) is 3.24. The second-order valence-corrected chi connectivity index (χ2v) is 11.3. The lowest BCUT2D eigenvalue weighted by atomic mass is 10.0. The quantitative estimate of drug-likeness (QED) is 0.0672. The van der Waals surface area contributed by atoms with Crippen molar-refractivity contribution in [1.29, 1.82) is 0 Å². The summed E-state index contributed by atoms with van der Waals surface area (Å²) in [6.07, 6.45) is 2.17. The van der Waals surface area contributed by atoms with Crippen LogP contribution in [0.3, 0.4) is 0 Å². The number of hydrogen-bond acceptors (Lipinski definition) is 8. The molecule has 8 N–H and O–H groups in total. The number of hydroxylamine groups is 1. The lowest BCUT2D eigenvalue weighted by Gasteiger charge is -2.30. The number of benzene rings is 3. The molecule has 4 aromatic rings. The third-order valence-corrected chi connectivity index (χ3v) is 8.92. The molecule has 12 heteroatoms. The fourth-order valence-corrected chi connectivity index (χ4v) is 6.18. The number of likely N-dealkylation sites (N-methyl/N-ethyl adjacent to an activating group) is 1. The second kappa shape index (κ2) is 15.9. The molecule has 1 heterocycles. The van der Waals surface area contributed by atoms with E-state index in [9.17, 15) is 9.59 Å². The van der Waals surface area contributed by atoms with Gasteiger partial charge >= 0.3 is 0 Å². The normalized spacial score (nSPS) is 12.7. The van der Waals surface area contributed by atoms with Gasteiger partial charge in [0.15, 0.2) is 0 Å². The molecule has 1 aromatic heterocycles. The summed E-state index contributed by atoms with van der Waals surface area (Å²) < 4.78 is 0. The smallest absolute Gasteiger partial charge is 0.243 e. The zero-order chi connectivity index (χ0) is 30.8. The maximum absolute atomic E-state index is 13.9. The van der Waals surface area contributed by atoms with Gasteiger partial charge in [0.1, 0.15) is 18.8 Å². The van der Waals surface area contributed by atoms with Crippen molar-refractivity contribution < 1.29 is 14.4 Å². The molecule has 43 heavy (non-hydrogen) atoms. The number of halogens is 1. The van der Waals surface area contributed by atoms with E-state index in [4.69, 9.17) is 27.9 Å². The van der Waals surface area contributed by atoms with Gasteiger partial charge in [0.2, 0.25) is 11.8 Å². The summed E-state index contributed by atoms with van der Waals surface area (Å²) >= 11 is 8.16. The van der Waals surface area contributed by atoms with E-state index in [1.807, 2.05) is 72.9 Å². The first-order valence-electron chi connectivity index (χ1n) is 13.9. The van der Waals surface area contributed by atoms with Crippen LogP contribution in [-0.4, -0.2) is 61.2 Å². The molecule has 3 aromatic carbocycles. The van der Waals surface area contributed by atoms with E-state index < -0.39 is 12.1 Å². The average molecular weight is 624 g/mol. The van der Waals surface area contributed by atoms with Gasteiger partial charge in [0, 0.05) is 67.0 Å². The monoisotopic (exact) mass is 623 g/mol. The Morgan fingerprint density at radius 3 is 2.53 bits per heavy atom. The number of para-hydroxylation sites is 1. The first-order valence-corrected chi connectivity index (χ1v) is 15.1. The number of nitrogens with two attached hydrogens (primary N) is 2. The minimum atomic E-state index is -0.818. The highest BCUT2D eigenvalue weighted by Gasteiger charge is 2.31. The predicted octanol–water partition coefficient (Wildman–Crippen LogP) is 3.14. The molecular formula is C31H38ClN7O3S. The van der Waals surface area contributed by atoms with Gasteiger partial charge in [-0.05, 0) is 34.9 Å². The Hall–Kier alpha value is -3.42. The van der Waals surface area contributed by atoms with Crippen LogP contribution >= 0.6 is 23.4 Å². The minimum Gasteiger partial charge on any atom is -0.361 e. The molecule has 0 fully saturated rings. The van der Waals surface area contributed by atoms with Crippen LogP contribution < -0.4 is 27.6 Å². The highest BCUT2D eigenvalue weighted by Crippen LogP contribution is 2.37. The summed E-state index contributed by atoms with van der Waals surface area (Å²) in [6.45, 7) is 0.716. The van der Waals surface area contributed by atoms with E-state index in [-0.39, 0.29) is 31.6 Å². The molecule has 0 unspecified atom stereocenters. The first kappa shape index (κ1) is 32.5. The fraction of sp³-hybridized carbons (Fsp3) is 0.290. The number of fused-ring (bicyclic) bond motifs is 1. The molecule has 4 rings (SSSR count). The van der Waals surface area contributed by atoms with Crippen molar-refractivity contribution in [2.45, 2.75) is 41.4 Å². The Morgan fingerprint density at radius 1 is 1.02 bits per heavy atom. The fourth-order valence-electron chi connectivity index (χ4n) is 4.79. The summed E-state index contributed by atoms with van der Waals surface area (Å²) in [6, 6.07) is 19.8. The Bertz CT molecular complexity index is 1530. The van der Waals surface area contributed by atoms with Gasteiger partial charge in [0.25, 0.3) is 0 Å². The Morgan fingerprint density at radius 2 is 1.77 bits per heavy atom. The molecule has 0 aliphatic carbocycles. The molecule has 0 bridgehead atoms. The average Bonchev–Trinajstić information content (AvgIpc) is 3.44. The standard InChI is InChI=1S/C31H38ClN7O3S/c1-35-42-19-38-26(16-34)31(41)39(2)27(14-22-18-36-25-12-5-4-10-23(22)25)30(40)37-17-21-9-7-11-24(32)29(21)43-28-13-6-3-8-20(28)15-33/h3-13,18,26-27,35-36,38H,14-17,19,33-34H2,1-2H3,(H,37,40)/t26-,27-/m0/s1. The molecule has 228 valence electrons. The van der Waals surface area contributed by atoms with E-state index in [2.05, 4.69) is 21.1 Å². The van der Waals surface area contributed by atoms with Gasteiger partial charge in [-0.1, -0.05) is 71.9 Å². The highest BCUT2D eigenvalue weighted by atomic mass is 35.5. The van der Waals surface area contributed by atoms with Crippen LogP contribution in [-0.2, 0) is 33.9 Å². The van der Waals surface area contributed by atoms with Crippen molar-refractivity contribution in [2.24, 2.45) is 11.5 Å². The molecule has 10 nitrogen and oxygen atoms in total. The van der Waals surface area contributed by atoms with Crippen molar-refractivity contribution in [3.8, 4) is 0 Å². The molecule has 0 saturated carbocycles. The third kappa shape index (κ3) is 8.15. The number of aromatic amines is 1. The SMILES string of the molecule is CNOCN[C@@H](CN)C(=O)N(C)[C@@H](Cc1c[nH]c2ccccc12)C(=O)NCc1cccc(Cl)c1Sc1ccccc1CN. The summed E-state index contributed by atoms with van der Waals surface area (Å²) in [4.78, 5) is 39.1. The third-order valence-electron chi connectivity index (χ3n) is 7.19. The van der Waals surface area contributed by atoms with Gasteiger partial charge in [-0.2, -0.15) is 0 Å². The summed E-state index contributed by atoms with van der Waals surface area (Å²) in [5, 5.41) is 7.60. The van der Waals surface area contributed by atoms with E-state index >= 15 is 0 Å². The van der Waals surface area contributed by atoms with E-state index in [0.29, 0.717) is 18.0 Å². The lowest BCUT2D eigenvalue weighted by molar-refractivity contribution is -0.141. The maximum atomic E-state index is 13.9. The number of nitrogens with one attached hydrogen (secondary N) is 4. The van der Waals surface area contributed by atoms with Crippen LogP contribution in [0.2, 0.25) is 5.02 Å². The van der Waals surface area contributed by atoms with Crippen LogP contribution in [0.25, 0.3) is 10.9 Å². The van der Waals surface area contributed by atoms with Crippen molar-refractivity contribution in [1.82, 2.24) is 26.0 Å². The predicted molar refractivity (Wildman–Crippen MR) is 171 cm³/mol. The second-order valence-electron chi connectivity index (χ2n) is 9.87. The molecule has 0 spiro atoms. The van der Waals surface area contributed by atoms with Crippen LogP contribution in [0.15, 0.2) is 82.7 Å². The maximum Gasteiger partial charge on any atom is 0.243 e. The summed E-state index contributed by atoms with van der Waals surface area (Å²) in [5.74, 6) is -0.624. The number of hydrogen-bond donors (Lipinski definition) is 6. The number of carbonyl (C=O) groups excluding carboxylic acids is 2. The number of carbonyl (C=O) groups is 2. The number of amides is 2. The Labute approximate surface area is 260 Å². The Kier molecular flexibility index (Phi) is 12.0. The van der Waals surface area contributed by atoms with E-state index in [1.165, 1.54) is 16.7 Å². The van der Waals surface area contributed by atoms with Gasteiger partial charge < -0.3 is 26.7 Å². The van der Waals surface area contributed by atoms with Gasteiger partial charge in [-0.25, -0.2) is 5.48 Å². The van der Waals surface area contributed by atoms with Crippen LogP contribution in [0.5, 0.6) is 0 Å². The largest absolute Gasteiger partial charge is 0.361 e.